The molecule has 0 amide bonds. The maximum Gasteiger partial charge on any atom is 0.245 e. The zero-order chi connectivity index (χ0) is 16.1. The van der Waals surface area contributed by atoms with Gasteiger partial charge in [0.05, 0.1) is 17.9 Å². The number of hydrogen-bond donors (Lipinski definition) is 1. The van der Waals surface area contributed by atoms with Crippen molar-refractivity contribution in [2.45, 2.75) is 20.0 Å². The monoisotopic (exact) mass is 308 g/mol. The van der Waals surface area contributed by atoms with Crippen LogP contribution in [0.4, 0.5) is 11.4 Å². The highest BCUT2D eigenvalue weighted by atomic mass is 16.5. The normalized spacial score (nSPS) is 10.5. The lowest BCUT2D eigenvalue weighted by atomic mass is 10.2. The Morgan fingerprint density at radius 1 is 1.04 bits per heavy atom. The van der Waals surface area contributed by atoms with Gasteiger partial charge in [-0.25, -0.2) is 0 Å². The second-order valence-corrected chi connectivity index (χ2v) is 5.45. The van der Waals surface area contributed by atoms with Crippen LogP contribution in [0.1, 0.15) is 17.3 Å². The van der Waals surface area contributed by atoms with Gasteiger partial charge in [-0.1, -0.05) is 47.6 Å². The molecule has 1 N–H and O–H groups in total. The van der Waals surface area contributed by atoms with E-state index in [1.54, 1.807) is 0 Å². The fourth-order valence-corrected chi connectivity index (χ4v) is 2.48. The van der Waals surface area contributed by atoms with Gasteiger partial charge in [-0.2, -0.15) is 4.98 Å². The predicted octanol–water partition coefficient (Wildman–Crippen LogP) is 3.63. The van der Waals surface area contributed by atoms with Crippen molar-refractivity contribution in [2.75, 3.05) is 17.3 Å². The average molecular weight is 308 g/mol. The van der Waals surface area contributed by atoms with Gasteiger partial charge in [0.2, 0.25) is 5.89 Å². The number of aryl methyl sites for hydroxylation is 1. The highest BCUT2D eigenvalue weighted by Gasteiger charge is 2.09. The maximum absolute atomic E-state index is 5.14. The molecule has 0 atom stereocenters. The molecule has 3 rings (SSSR count). The van der Waals surface area contributed by atoms with Crippen molar-refractivity contribution < 1.29 is 4.52 Å². The van der Waals surface area contributed by atoms with Gasteiger partial charge in [0.25, 0.3) is 0 Å². The molecule has 2 aromatic carbocycles. The molecule has 0 aliphatic heterocycles. The van der Waals surface area contributed by atoms with Gasteiger partial charge in [0, 0.05) is 13.6 Å². The van der Waals surface area contributed by atoms with Crippen LogP contribution in [-0.2, 0) is 13.1 Å². The van der Waals surface area contributed by atoms with Gasteiger partial charge in [-0.15, -0.1) is 0 Å². The van der Waals surface area contributed by atoms with Crippen LogP contribution in [-0.4, -0.2) is 17.2 Å². The Morgan fingerprint density at radius 2 is 1.78 bits per heavy atom. The second-order valence-electron chi connectivity index (χ2n) is 5.45. The third-order valence-electron chi connectivity index (χ3n) is 3.58. The van der Waals surface area contributed by atoms with E-state index < -0.39 is 0 Å². The number of para-hydroxylation sites is 2. The zero-order valence-electron chi connectivity index (χ0n) is 13.4. The molecule has 3 aromatic rings. The molecule has 5 nitrogen and oxygen atoms in total. The van der Waals surface area contributed by atoms with E-state index in [1.165, 1.54) is 5.56 Å². The molecule has 0 unspecified atom stereocenters. The van der Waals surface area contributed by atoms with Crippen molar-refractivity contribution in [3.63, 3.8) is 0 Å². The van der Waals surface area contributed by atoms with Gasteiger partial charge in [0.15, 0.2) is 5.82 Å². The summed E-state index contributed by atoms with van der Waals surface area (Å²) in [6.07, 6.45) is 0. The summed E-state index contributed by atoms with van der Waals surface area (Å²) in [6.45, 7) is 3.17. The first-order valence-electron chi connectivity index (χ1n) is 7.59. The molecule has 0 aliphatic carbocycles. The summed E-state index contributed by atoms with van der Waals surface area (Å²) < 4.78 is 5.14. The minimum Gasteiger partial charge on any atom is -0.374 e. The molecular formula is C18H20N4O. The third-order valence-corrected chi connectivity index (χ3v) is 3.58. The molecule has 0 saturated heterocycles. The highest BCUT2D eigenvalue weighted by Crippen LogP contribution is 2.26. The molecule has 118 valence electrons. The number of hydrogen-bond acceptors (Lipinski definition) is 5. The summed E-state index contributed by atoms with van der Waals surface area (Å²) in [7, 11) is 2.09. The molecule has 0 radical (unpaired) electrons. The summed E-state index contributed by atoms with van der Waals surface area (Å²) >= 11 is 0. The minimum atomic E-state index is 0.511. The smallest absolute Gasteiger partial charge is 0.245 e. The summed E-state index contributed by atoms with van der Waals surface area (Å²) in [5.74, 6) is 1.24. The van der Waals surface area contributed by atoms with Crippen LogP contribution in [0.3, 0.4) is 0 Å². The molecule has 0 fully saturated rings. The number of aromatic nitrogens is 2. The fourth-order valence-electron chi connectivity index (χ4n) is 2.48. The summed E-state index contributed by atoms with van der Waals surface area (Å²) in [4.78, 5) is 6.43. The zero-order valence-corrected chi connectivity index (χ0v) is 13.4. The minimum absolute atomic E-state index is 0.511. The summed E-state index contributed by atoms with van der Waals surface area (Å²) in [6, 6.07) is 18.6. The van der Waals surface area contributed by atoms with Crippen LogP contribution in [0.15, 0.2) is 59.1 Å². The van der Waals surface area contributed by atoms with Crippen LogP contribution >= 0.6 is 0 Å². The first-order chi connectivity index (χ1) is 11.2. The maximum atomic E-state index is 5.14. The van der Waals surface area contributed by atoms with Crippen LogP contribution in [0.2, 0.25) is 0 Å². The van der Waals surface area contributed by atoms with E-state index in [-0.39, 0.29) is 0 Å². The Kier molecular flexibility index (Phi) is 4.57. The molecule has 0 saturated carbocycles. The van der Waals surface area contributed by atoms with Crippen molar-refractivity contribution in [1.29, 1.82) is 0 Å². The quantitative estimate of drug-likeness (QED) is 0.753. The lowest BCUT2D eigenvalue weighted by Gasteiger charge is -2.23. The molecule has 1 aromatic heterocycles. The summed E-state index contributed by atoms with van der Waals surface area (Å²) in [5.41, 5.74) is 3.45. The third kappa shape index (κ3) is 3.88. The lowest BCUT2D eigenvalue weighted by Crippen LogP contribution is -2.18. The lowest BCUT2D eigenvalue weighted by molar-refractivity contribution is 0.379. The van der Waals surface area contributed by atoms with Crippen molar-refractivity contribution in [1.82, 2.24) is 10.1 Å². The van der Waals surface area contributed by atoms with E-state index >= 15 is 0 Å². The number of benzene rings is 2. The van der Waals surface area contributed by atoms with Crippen LogP contribution in [0.25, 0.3) is 0 Å². The number of rotatable bonds is 6. The average Bonchev–Trinajstić information content (AvgIpc) is 2.99. The molecule has 0 aliphatic rings. The van der Waals surface area contributed by atoms with Crippen molar-refractivity contribution in [2.24, 2.45) is 0 Å². The van der Waals surface area contributed by atoms with E-state index in [0.29, 0.717) is 18.3 Å². The molecule has 1 heterocycles. The first kappa shape index (κ1) is 15.1. The summed E-state index contributed by atoms with van der Waals surface area (Å²) in [5, 5.41) is 7.18. The van der Waals surface area contributed by atoms with Gasteiger partial charge in [0.1, 0.15) is 0 Å². The van der Waals surface area contributed by atoms with Crippen molar-refractivity contribution in [3.05, 3.63) is 71.9 Å². The van der Waals surface area contributed by atoms with Gasteiger partial charge >= 0.3 is 0 Å². The fraction of sp³-hybridized carbons (Fsp3) is 0.222. The van der Waals surface area contributed by atoms with Gasteiger partial charge in [-0.05, 0) is 24.6 Å². The molecule has 5 heteroatoms. The van der Waals surface area contributed by atoms with Crippen molar-refractivity contribution >= 4 is 11.4 Å². The molecule has 23 heavy (non-hydrogen) atoms. The van der Waals surface area contributed by atoms with Crippen LogP contribution < -0.4 is 10.2 Å². The van der Waals surface area contributed by atoms with Crippen LogP contribution in [0, 0.1) is 6.92 Å². The first-order valence-corrected chi connectivity index (χ1v) is 7.59. The number of anilines is 2. The Labute approximate surface area is 136 Å². The number of nitrogens with zero attached hydrogens (tertiary/aromatic N) is 3. The molecule has 0 spiro atoms. The van der Waals surface area contributed by atoms with E-state index in [0.717, 1.165) is 17.9 Å². The van der Waals surface area contributed by atoms with E-state index in [9.17, 15) is 0 Å². The van der Waals surface area contributed by atoms with Gasteiger partial charge in [-0.3, -0.25) is 0 Å². The highest BCUT2D eigenvalue weighted by molar-refractivity contribution is 5.69. The van der Waals surface area contributed by atoms with Gasteiger partial charge < -0.3 is 14.7 Å². The predicted molar refractivity (Wildman–Crippen MR) is 91.4 cm³/mol. The van der Waals surface area contributed by atoms with Crippen LogP contribution in [0.5, 0.6) is 0 Å². The number of nitrogens with one attached hydrogen (secondary N) is 1. The largest absolute Gasteiger partial charge is 0.374 e. The van der Waals surface area contributed by atoms with E-state index in [4.69, 9.17) is 4.52 Å². The Balaban J connectivity index is 1.72. The van der Waals surface area contributed by atoms with E-state index in [1.807, 2.05) is 25.1 Å². The van der Waals surface area contributed by atoms with Crippen molar-refractivity contribution in [3.8, 4) is 0 Å². The Bertz CT molecular complexity index is 754. The Hall–Kier alpha value is -2.82. The second kappa shape index (κ2) is 6.96. The SMILES string of the molecule is Cc1noc(CNc2ccccc2N(C)Cc2ccccc2)n1. The molecule has 0 bridgehead atoms. The van der Waals surface area contributed by atoms with E-state index in [2.05, 4.69) is 63.8 Å². The topological polar surface area (TPSA) is 54.2 Å². The standard InChI is InChI=1S/C18H20N4O/c1-14-20-18(23-21-14)12-19-16-10-6-7-11-17(16)22(2)13-15-8-4-3-5-9-15/h3-11,19H,12-13H2,1-2H3. The molecular weight excluding hydrogens is 288 g/mol. The Morgan fingerprint density at radius 3 is 2.52 bits per heavy atom.